The van der Waals surface area contributed by atoms with E-state index >= 15 is 0 Å². The van der Waals surface area contributed by atoms with Gasteiger partial charge in [-0.05, 0) is 73.4 Å². The second-order valence-electron chi connectivity index (χ2n) is 8.50. The Morgan fingerprint density at radius 3 is 2.50 bits per heavy atom. The van der Waals surface area contributed by atoms with Gasteiger partial charge in [-0.25, -0.2) is 0 Å². The maximum Gasteiger partial charge on any atom is 0.251 e. The predicted molar refractivity (Wildman–Crippen MR) is 132 cm³/mol. The average Bonchev–Trinajstić information content (AvgIpc) is 3.33. The van der Waals surface area contributed by atoms with Gasteiger partial charge in [-0.3, -0.25) is 9.89 Å². The molecule has 0 radical (unpaired) electrons. The summed E-state index contributed by atoms with van der Waals surface area (Å²) in [4.78, 5) is 12.8. The molecular formula is C28H27N3O3. The van der Waals surface area contributed by atoms with E-state index in [1.54, 1.807) is 14.2 Å². The van der Waals surface area contributed by atoms with Crippen LogP contribution in [0.15, 0.2) is 66.7 Å². The molecule has 6 nitrogen and oxygen atoms in total. The Morgan fingerprint density at radius 1 is 0.971 bits per heavy atom. The summed E-state index contributed by atoms with van der Waals surface area (Å²) < 4.78 is 10.7. The molecule has 34 heavy (non-hydrogen) atoms. The Kier molecular flexibility index (Phi) is 5.80. The van der Waals surface area contributed by atoms with Crippen LogP contribution in [0, 0.1) is 0 Å². The first-order valence-electron chi connectivity index (χ1n) is 11.4. The summed E-state index contributed by atoms with van der Waals surface area (Å²) in [6.07, 6.45) is 1.84. The van der Waals surface area contributed by atoms with E-state index in [0.29, 0.717) is 5.56 Å². The highest BCUT2D eigenvalue weighted by Gasteiger charge is 2.23. The number of aromatic amines is 1. The van der Waals surface area contributed by atoms with E-state index < -0.39 is 0 Å². The van der Waals surface area contributed by atoms with E-state index in [-0.39, 0.29) is 11.9 Å². The molecule has 1 heterocycles. The van der Waals surface area contributed by atoms with Gasteiger partial charge in [0, 0.05) is 22.3 Å². The van der Waals surface area contributed by atoms with Crippen molar-refractivity contribution in [3.05, 3.63) is 89.0 Å². The van der Waals surface area contributed by atoms with Crippen LogP contribution < -0.4 is 14.8 Å². The lowest BCUT2D eigenvalue weighted by Crippen LogP contribution is -2.26. The van der Waals surface area contributed by atoms with Crippen molar-refractivity contribution in [2.75, 3.05) is 14.2 Å². The first kappa shape index (κ1) is 21.8. The topological polar surface area (TPSA) is 76.2 Å². The Bertz CT molecular complexity index is 1340. The van der Waals surface area contributed by atoms with Crippen molar-refractivity contribution in [3.8, 4) is 34.0 Å². The van der Waals surface area contributed by atoms with Gasteiger partial charge in [-0.1, -0.05) is 24.3 Å². The standard InChI is InChI=1S/C28H27N3O3/c1-17(20-5-4-6-22(15-20)33-2)29-28(32)19-9-7-18(8-10-19)26-25-13-11-21-16-23(34-3)12-14-24(21)27(25)31-30-26/h4-10,12,14-17H,11,13H2,1-3H3,(H,29,32)(H,30,31)/t17-/m1/s1. The fraction of sp³-hybridized carbons (Fsp3) is 0.214. The molecule has 3 aromatic carbocycles. The molecule has 4 aromatic rings. The largest absolute Gasteiger partial charge is 0.497 e. The Hall–Kier alpha value is -4.06. The maximum atomic E-state index is 12.8. The second kappa shape index (κ2) is 9.06. The summed E-state index contributed by atoms with van der Waals surface area (Å²) in [5.74, 6) is 1.53. The molecule has 0 unspecified atom stereocenters. The number of fused-ring (bicyclic) bond motifs is 3. The van der Waals surface area contributed by atoms with Crippen LogP contribution in [0.25, 0.3) is 22.5 Å². The number of aromatic nitrogens is 2. The van der Waals surface area contributed by atoms with E-state index in [9.17, 15) is 4.79 Å². The van der Waals surface area contributed by atoms with Crippen LogP contribution in [0.5, 0.6) is 11.5 Å². The van der Waals surface area contributed by atoms with Gasteiger partial charge in [0.05, 0.1) is 31.6 Å². The SMILES string of the molecule is COc1cccc([C@@H](C)NC(=O)c2ccc(-c3n[nH]c4c3CCc3cc(OC)ccc3-4)cc2)c1. The van der Waals surface area contributed by atoms with Gasteiger partial charge in [-0.2, -0.15) is 5.10 Å². The van der Waals surface area contributed by atoms with Crippen LogP contribution in [0.4, 0.5) is 0 Å². The number of methoxy groups -OCH3 is 2. The number of hydrogen-bond acceptors (Lipinski definition) is 4. The molecule has 0 spiro atoms. The molecule has 0 saturated heterocycles. The van der Waals surface area contributed by atoms with Crippen molar-refractivity contribution in [1.82, 2.24) is 15.5 Å². The zero-order chi connectivity index (χ0) is 23.7. The molecule has 0 fully saturated rings. The molecule has 1 aromatic heterocycles. The van der Waals surface area contributed by atoms with E-state index in [1.807, 2.05) is 61.5 Å². The molecule has 0 bridgehead atoms. The van der Waals surface area contributed by atoms with E-state index in [1.165, 1.54) is 16.7 Å². The Morgan fingerprint density at radius 2 is 1.74 bits per heavy atom. The van der Waals surface area contributed by atoms with Crippen LogP contribution in [0.2, 0.25) is 0 Å². The van der Waals surface area contributed by atoms with Crippen LogP contribution >= 0.6 is 0 Å². The van der Waals surface area contributed by atoms with Crippen molar-refractivity contribution in [1.29, 1.82) is 0 Å². The molecule has 1 atom stereocenters. The third kappa shape index (κ3) is 4.03. The van der Waals surface area contributed by atoms with Crippen LogP contribution in [-0.2, 0) is 12.8 Å². The maximum absolute atomic E-state index is 12.8. The van der Waals surface area contributed by atoms with Crippen LogP contribution in [0.3, 0.4) is 0 Å². The molecule has 1 amide bonds. The Labute approximate surface area is 198 Å². The number of amides is 1. The third-order valence-electron chi connectivity index (χ3n) is 6.46. The highest BCUT2D eigenvalue weighted by Crippen LogP contribution is 2.38. The van der Waals surface area contributed by atoms with E-state index in [4.69, 9.17) is 9.47 Å². The lowest BCUT2D eigenvalue weighted by molar-refractivity contribution is 0.0940. The molecule has 1 aliphatic carbocycles. The number of aryl methyl sites for hydroxylation is 1. The summed E-state index contributed by atoms with van der Waals surface area (Å²) in [5, 5.41) is 10.9. The lowest BCUT2D eigenvalue weighted by Gasteiger charge is -2.17. The summed E-state index contributed by atoms with van der Waals surface area (Å²) in [5.41, 5.74) is 8.24. The van der Waals surface area contributed by atoms with Gasteiger partial charge in [0.15, 0.2) is 0 Å². The summed E-state index contributed by atoms with van der Waals surface area (Å²) in [6.45, 7) is 1.96. The number of hydrogen-bond donors (Lipinski definition) is 2. The molecule has 1 aliphatic rings. The first-order chi connectivity index (χ1) is 16.6. The Balaban J connectivity index is 1.34. The zero-order valence-electron chi connectivity index (χ0n) is 19.5. The van der Waals surface area contributed by atoms with Crippen molar-refractivity contribution >= 4 is 5.91 Å². The molecular weight excluding hydrogens is 426 g/mol. The fourth-order valence-electron chi connectivity index (χ4n) is 4.53. The molecule has 2 N–H and O–H groups in total. The van der Waals surface area contributed by atoms with Gasteiger partial charge >= 0.3 is 0 Å². The second-order valence-corrected chi connectivity index (χ2v) is 8.50. The van der Waals surface area contributed by atoms with Crippen molar-refractivity contribution < 1.29 is 14.3 Å². The van der Waals surface area contributed by atoms with E-state index in [0.717, 1.165) is 46.9 Å². The van der Waals surface area contributed by atoms with Crippen LogP contribution in [0.1, 0.15) is 40.0 Å². The molecule has 172 valence electrons. The number of ether oxygens (including phenoxy) is 2. The lowest BCUT2D eigenvalue weighted by atomic mass is 9.87. The normalized spacial score (nSPS) is 12.9. The quantitative estimate of drug-likeness (QED) is 0.413. The van der Waals surface area contributed by atoms with Gasteiger partial charge < -0.3 is 14.8 Å². The van der Waals surface area contributed by atoms with E-state index in [2.05, 4.69) is 27.6 Å². The number of H-pyrrole nitrogens is 1. The summed E-state index contributed by atoms with van der Waals surface area (Å²) in [6, 6.07) is 21.4. The predicted octanol–water partition coefficient (Wildman–Crippen LogP) is 5.35. The summed E-state index contributed by atoms with van der Waals surface area (Å²) >= 11 is 0. The van der Waals surface area contributed by atoms with Gasteiger partial charge in [0.25, 0.3) is 5.91 Å². The van der Waals surface area contributed by atoms with Crippen molar-refractivity contribution in [2.45, 2.75) is 25.8 Å². The minimum atomic E-state index is -0.140. The third-order valence-corrected chi connectivity index (χ3v) is 6.46. The minimum Gasteiger partial charge on any atom is -0.497 e. The highest BCUT2D eigenvalue weighted by atomic mass is 16.5. The smallest absolute Gasteiger partial charge is 0.251 e. The molecule has 5 rings (SSSR count). The van der Waals surface area contributed by atoms with Crippen LogP contribution in [-0.4, -0.2) is 30.3 Å². The first-order valence-corrected chi connectivity index (χ1v) is 11.4. The van der Waals surface area contributed by atoms with Gasteiger partial charge in [0.1, 0.15) is 11.5 Å². The number of nitrogens with zero attached hydrogens (tertiary/aromatic N) is 1. The number of benzene rings is 3. The van der Waals surface area contributed by atoms with Gasteiger partial charge in [0.2, 0.25) is 0 Å². The monoisotopic (exact) mass is 453 g/mol. The molecule has 0 saturated carbocycles. The highest BCUT2D eigenvalue weighted by molar-refractivity contribution is 5.95. The number of carbonyl (C=O) groups is 1. The van der Waals surface area contributed by atoms with Crippen molar-refractivity contribution in [2.24, 2.45) is 0 Å². The van der Waals surface area contributed by atoms with Gasteiger partial charge in [-0.15, -0.1) is 0 Å². The number of carbonyl (C=O) groups excluding carboxylic acids is 1. The van der Waals surface area contributed by atoms with Crippen molar-refractivity contribution in [3.63, 3.8) is 0 Å². The number of nitrogens with one attached hydrogen (secondary N) is 2. The molecule has 0 aliphatic heterocycles. The zero-order valence-corrected chi connectivity index (χ0v) is 19.5. The minimum absolute atomic E-state index is 0.117. The summed E-state index contributed by atoms with van der Waals surface area (Å²) in [7, 11) is 3.32. The average molecular weight is 454 g/mol. The fourth-order valence-corrected chi connectivity index (χ4v) is 4.53. The molecule has 6 heteroatoms. The number of rotatable bonds is 6.